The van der Waals surface area contributed by atoms with Crippen LogP contribution in [0.4, 0.5) is 10.1 Å². The van der Waals surface area contributed by atoms with Gasteiger partial charge in [0.15, 0.2) is 0 Å². The van der Waals surface area contributed by atoms with Crippen LogP contribution in [0.15, 0.2) is 30.5 Å². The number of nitriles is 1. The third-order valence-corrected chi connectivity index (χ3v) is 2.40. The Hall–Kier alpha value is -2.68. The van der Waals surface area contributed by atoms with Gasteiger partial charge in [-0.15, -0.1) is 0 Å². The number of nitrogens with zero attached hydrogens (tertiary/aromatic N) is 3. The fraction of sp³-hybridized carbons (Fsp3) is 0.0833. The SMILES string of the molecule is Cn1nccc1C(=O)Nc1ccc(F)cc1C#N. The van der Waals surface area contributed by atoms with Gasteiger partial charge in [-0.05, 0) is 24.3 Å². The largest absolute Gasteiger partial charge is 0.319 e. The molecule has 2 aromatic rings. The van der Waals surface area contributed by atoms with Crippen LogP contribution < -0.4 is 5.32 Å². The molecule has 1 amide bonds. The molecule has 0 fully saturated rings. The lowest BCUT2D eigenvalue weighted by Gasteiger charge is -2.07. The van der Waals surface area contributed by atoms with Gasteiger partial charge in [-0.3, -0.25) is 9.48 Å². The number of carbonyl (C=O) groups excluding carboxylic acids is 1. The monoisotopic (exact) mass is 244 g/mol. The van der Waals surface area contributed by atoms with E-state index in [9.17, 15) is 9.18 Å². The van der Waals surface area contributed by atoms with Crippen molar-refractivity contribution in [2.45, 2.75) is 0 Å². The van der Waals surface area contributed by atoms with Crippen LogP contribution in [0.2, 0.25) is 0 Å². The molecule has 0 aliphatic heterocycles. The molecular weight excluding hydrogens is 235 g/mol. The lowest BCUT2D eigenvalue weighted by atomic mass is 10.2. The molecule has 6 heteroatoms. The van der Waals surface area contributed by atoms with Crippen molar-refractivity contribution in [1.82, 2.24) is 9.78 Å². The van der Waals surface area contributed by atoms with Crippen LogP contribution in [0, 0.1) is 17.1 Å². The Bertz CT molecular complexity index is 642. The van der Waals surface area contributed by atoms with E-state index >= 15 is 0 Å². The van der Waals surface area contributed by atoms with E-state index in [0.717, 1.165) is 6.07 Å². The molecule has 0 bridgehead atoms. The predicted octanol–water partition coefficient (Wildman–Crippen LogP) is 1.68. The first-order valence-electron chi connectivity index (χ1n) is 5.11. The first-order chi connectivity index (χ1) is 8.61. The summed E-state index contributed by atoms with van der Waals surface area (Å²) in [4.78, 5) is 11.9. The number of rotatable bonds is 2. The number of anilines is 1. The number of nitrogens with one attached hydrogen (secondary N) is 1. The van der Waals surface area contributed by atoms with Crippen LogP contribution in [0.25, 0.3) is 0 Å². The van der Waals surface area contributed by atoms with Gasteiger partial charge in [0.05, 0.1) is 11.3 Å². The summed E-state index contributed by atoms with van der Waals surface area (Å²) >= 11 is 0. The van der Waals surface area contributed by atoms with Crippen molar-refractivity contribution in [2.24, 2.45) is 7.05 Å². The molecule has 5 nitrogen and oxygen atoms in total. The fourth-order valence-corrected chi connectivity index (χ4v) is 1.50. The van der Waals surface area contributed by atoms with Gasteiger partial charge in [-0.25, -0.2) is 4.39 Å². The highest BCUT2D eigenvalue weighted by molar-refractivity contribution is 6.03. The van der Waals surface area contributed by atoms with E-state index in [2.05, 4.69) is 10.4 Å². The summed E-state index contributed by atoms with van der Waals surface area (Å²) < 4.78 is 14.3. The number of hydrogen-bond acceptors (Lipinski definition) is 3. The van der Waals surface area contributed by atoms with Crippen molar-refractivity contribution in [3.8, 4) is 6.07 Å². The molecular formula is C12H9FN4O. The summed E-state index contributed by atoms with van der Waals surface area (Å²) in [5.41, 5.74) is 0.693. The average molecular weight is 244 g/mol. The molecule has 0 spiro atoms. The smallest absolute Gasteiger partial charge is 0.273 e. The molecule has 90 valence electrons. The third-order valence-electron chi connectivity index (χ3n) is 2.40. The first kappa shape index (κ1) is 11.8. The van der Waals surface area contributed by atoms with Crippen molar-refractivity contribution in [2.75, 3.05) is 5.32 Å². The Balaban J connectivity index is 2.28. The second-order valence-electron chi connectivity index (χ2n) is 3.60. The van der Waals surface area contributed by atoms with E-state index in [1.165, 1.54) is 23.0 Å². The highest BCUT2D eigenvalue weighted by Gasteiger charge is 2.12. The molecule has 1 heterocycles. The zero-order valence-corrected chi connectivity index (χ0v) is 9.51. The van der Waals surface area contributed by atoms with Crippen LogP contribution in [0.5, 0.6) is 0 Å². The molecule has 0 aliphatic carbocycles. The minimum atomic E-state index is -0.523. The Labute approximate surface area is 102 Å². The quantitative estimate of drug-likeness (QED) is 0.873. The first-order valence-corrected chi connectivity index (χ1v) is 5.11. The van der Waals surface area contributed by atoms with Crippen LogP contribution in [-0.4, -0.2) is 15.7 Å². The normalized spacial score (nSPS) is 9.83. The molecule has 0 unspecified atom stereocenters. The fourth-order valence-electron chi connectivity index (χ4n) is 1.50. The summed E-state index contributed by atoms with van der Waals surface area (Å²) in [5, 5.41) is 15.3. The Morgan fingerprint density at radius 3 is 2.89 bits per heavy atom. The van der Waals surface area contributed by atoms with Gasteiger partial charge in [0, 0.05) is 13.2 Å². The van der Waals surface area contributed by atoms with Gasteiger partial charge in [0.1, 0.15) is 17.6 Å². The van der Waals surface area contributed by atoms with Crippen LogP contribution in [0.1, 0.15) is 16.1 Å². The Kier molecular flexibility index (Phi) is 3.06. The van der Waals surface area contributed by atoms with Gasteiger partial charge in [-0.2, -0.15) is 10.4 Å². The molecule has 18 heavy (non-hydrogen) atoms. The number of amides is 1. The number of benzene rings is 1. The zero-order valence-electron chi connectivity index (χ0n) is 9.51. The highest BCUT2D eigenvalue weighted by Crippen LogP contribution is 2.16. The standard InChI is InChI=1S/C12H9FN4O/c1-17-11(4-5-15-17)12(18)16-10-3-2-9(13)6-8(10)7-14/h2-6H,1H3,(H,16,18). The second kappa shape index (κ2) is 4.67. The average Bonchev–Trinajstić information content (AvgIpc) is 2.77. The van der Waals surface area contributed by atoms with Crippen molar-refractivity contribution < 1.29 is 9.18 Å². The maximum absolute atomic E-state index is 12.9. The van der Waals surface area contributed by atoms with E-state index in [1.807, 2.05) is 6.07 Å². The van der Waals surface area contributed by atoms with E-state index in [0.29, 0.717) is 5.69 Å². The molecule has 0 saturated carbocycles. The minimum Gasteiger partial charge on any atom is -0.319 e. The van der Waals surface area contributed by atoms with Crippen molar-refractivity contribution in [3.63, 3.8) is 0 Å². The molecule has 1 aromatic heterocycles. The van der Waals surface area contributed by atoms with E-state index < -0.39 is 11.7 Å². The second-order valence-corrected chi connectivity index (χ2v) is 3.60. The summed E-state index contributed by atoms with van der Waals surface area (Å²) in [7, 11) is 1.63. The van der Waals surface area contributed by atoms with Gasteiger partial charge in [-0.1, -0.05) is 0 Å². The van der Waals surface area contributed by atoms with E-state index in [-0.39, 0.29) is 11.3 Å². The topological polar surface area (TPSA) is 70.7 Å². The highest BCUT2D eigenvalue weighted by atomic mass is 19.1. The Morgan fingerprint density at radius 2 is 2.28 bits per heavy atom. The molecule has 0 saturated heterocycles. The van der Waals surface area contributed by atoms with Crippen LogP contribution in [0.3, 0.4) is 0 Å². The van der Waals surface area contributed by atoms with Crippen molar-refractivity contribution in [1.29, 1.82) is 5.26 Å². The molecule has 1 N–H and O–H groups in total. The maximum atomic E-state index is 12.9. The summed E-state index contributed by atoms with van der Waals surface area (Å²) in [6.45, 7) is 0. The summed E-state index contributed by atoms with van der Waals surface area (Å²) in [5.74, 6) is -0.928. The predicted molar refractivity (Wildman–Crippen MR) is 62.3 cm³/mol. The molecule has 2 rings (SSSR count). The van der Waals surface area contributed by atoms with Crippen molar-refractivity contribution in [3.05, 3.63) is 47.5 Å². The lowest BCUT2D eigenvalue weighted by Crippen LogP contribution is -2.16. The van der Waals surface area contributed by atoms with Gasteiger partial charge < -0.3 is 5.32 Å². The van der Waals surface area contributed by atoms with E-state index in [1.54, 1.807) is 13.1 Å². The number of carbonyl (C=O) groups is 1. The lowest BCUT2D eigenvalue weighted by molar-refractivity contribution is 0.101. The third kappa shape index (κ3) is 2.20. The van der Waals surface area contributed by atoms with Gasteiger partial charge in [0.2, 0.25) is 0 Å². The number of hydrogen-bond donors (Lipinski definition) is 1. The Morgan fingerprint density at radius 1 is 1.50 bits per heavy atom. The molecule has 0 atom stereocenters. The van der Waals surface area contributed by atoms with E-state index in [4.69, 9.17) is 5.26 Å². The number of halogens is 1. The van der Waals surface area contributed by atoms with Gasteiger partial charge >= 0.3 is 0 Å². The number of aryl methyl sites for hydroxylation is 1. The summed E-state index contributed by atoms with van der Waals surface area (Å²) in [6, 6.07) is 6.97. The van der Waals surface area contributed by atoms with Gasteiger partial charge in [0.25, 0.3) is 5.91 Å². The maximum Gasteiger partial charge on any atom is 0.273 e. The molecule has 1 aromatic carbocycles. The van der Waals surface area contributed by atoms with Crippen molar-refractivity contribution >= 4 is 11.6 Å². The minimum absolute atomic E-state index is 0.0746. The van der Waals surface area contributed by atoms with Crippen LogP contribution in [-0.2, 0) is 7.05 Å². The zero-order chi connectivity index (χ0) is 13.1. The van der Waals surface area contributed by atoms with Crippen LogP contribution >= 0.6 is 0 Å². The molecule has 0 aliphatic rings. The number of aromatic nitrogens is 2. The summed E-state index contributed by atoms with van der Waals surface area (Å²) in [6.07, 6.45) is 1.49. The molecule has 0 radical (unpaired) electrons.